The van der Waals surface area contributed by atoms with Crippen molar-refractivity contribution in [1.29, 1.82) is 0 Å². The van der Waals surface area contributed by atoms with E-state index in [1.165, 1.54) is 6.42 Å². The number of nitrogens with one attached hydrogen (secondary N) is 1. The SMILES string of the molecule is CCNC1(C(=O)O)CCCC(N2CC(C)CC2C)C1. The normalized spacial score (nSPS) is 40.5. The average molecular weight is 268 g/mol. The Morgan fingerprint density at radius 2 is 2.21 bits per heavy atom. The minimum atomic E-state index is -0.691. The molecule has 1 heterocycles. The molecule has 1 aliphatic heterocycles. The number of hydrogen-bond acceptors (Lipinski definition) is 3. The summed E-state index contributed by atoms with van der Waals surface area (Å²) in [6.45, 7) is 8.44. The van der Waals surface area contributed by atoms with E-state index >= 15 is 0 Å². The summed E-state index contributed by atoms with van der Waals surface area (Å²) < 4.78 is 0. The molecule has 1 aliphatic carbocycles. The van der Waals surface area contributed by atoms with E-state index in [1.54, 1.807) is 0 Å². The van der Waals surface area contributed by atoms with E-state index in [-0.39, 0.29) is 0 Å². The van der Waals surface area contributed by atoms with Gasteiger partial charge >= 0.3 is 5.97 Å². The predicted octanol–water partition coefficient (Wildman–Crippen LogP) is 2.09. The molecule has 0 spiro atoms. The Morgan fingerprint density at radius 3 is 2.74 bits per heavy atom. The number of nitrogens with zero attached hydrogens (tertiary/aromatic N) is 1. The van der Waals surface area contributed by atoms with Crippen molar-refractivity contribution < 1.29 is 9.90 Å². The predicted molar refractivity (Wildman–Crippen MR) is 76.2 cm³/mol. The van der Waals surface area contributed by atoms with Gasteiger partial charge < -0.3 is 10.4 Å². The fourth-order valence-corrected chi connectivity index (χ4v) is 4.14. The van der Waals surface area contributed by atoms with E-state index in [4.69, 9.17) is 0 Å². The van der Waals surface area contributed by atoms with Gasteiger partial charge in [-0.3, -0.25) is 9.69 Å². The van der Waals surface area contributed by atoms with Gasteiger partial charge in [0.2, 0.25) is 0 Å². The van der Waals surface area contributed by atoms with Crippen molar-refractivity contribution in [3.63, 3.8) is 0 Å². The van der Waals surface area contributed by atoms with Gasteiger partial charge in [0.15, 0.2) is 0 Å². The molecule has 4 unspecified atom stereocenters. The fraction of sp³-hybridized carbons (Fsp3) is 0.933. The number of rotatable bonds is 4. The van der Waals surface area contributed by atoms with E-state index in [9.17, 15) is 9.90 Å². The highest BCUT2D eigenvalue weighted by molar-refractivity contribution is 5.79. The number of likely N-dealkylation sites (N-methyl/N-ethyl adjacent to an activating group) is 1. The van der Waals surface area contributed by atoms with Crippen LogP contribution in [-0.4, -0.2) is 46.7 Å². The summed E-state index contributed by atoms with van der Waals surface area (Å²) in [5, 5.41) is 12.9. The third-order valence-corrected chi connectivity index (χ3v) is 4.95. The molecule has 0 aromatic heterocycles. The number of carbonyl (C=O) groups is 1. The maximum atomic E-state index is 11.7. The van der Waals surface area contributed by atoms with Crippen LogP contribution in [0.4, 0.5) is 0 Å². The Labute approximate surface area is 116 Å². The molecule has 0 aromatic carbocycles. The van der Waals surface area contributed by atoms with Crippen LogP contribution in [0.2, 0.25) is 0 Å². The standard InChI is InChI=1S/C15H28N2O2/c1-4-16-15(14(18)19)7-5-6-13(9-15)17-10-11(2)8-12(17)3/h11-13,16H,4-10H2,1-3H3,(H,18,19). The van der Waals surface area contributed by atoms with Crippen molar-refractivity contribution in [2.45, 2.75) is 70.5 Å². The largest absolute Gasteiger partial charge is 0.480 e. The molecule has 2 rings (SSSR count). The summed E-state index contributed by atoms with van der Waals surface area (Å²) in [6, 6.07) is 1.04. The third-order valence-electron chi connectivity index (χ3n) is 4.95. The number of aliphatic carboxylic acids is 1. The average Bonchev–Trinajstić information content (AvgIpc) is 2.69. The van der Waals surface area contributed by atoms with E-state index in [2.05, 4.69) is 24.1 Å². The van der Waals surface area contributed by atoms with Crippen molar-refractivity contribution in [3.8, 4) is 0 Å². The fourth-order valence-electron chi connectivity index (χ4n) is 4.14. The molecule has 0 bridgehead atoms. The maximum Gasteiger partial charge on any atom is 0.323 e. The maximum absolute atomic E-state index is 11.7. The van der Waals surface area contributed by atoms with Crippen molar-refractivity contribution in [3.05, 3.63) is 0 Å². The first kappa shape index (κ1) is 14.8. The lowest BCUT2D eigenvalue weighted by atomic mass is 9.78. The molecule has 0 aromatic rings. The van der Waals surface area contributed by atoms with E-state index in [0.29, 0.717) is 12.1 Å². The van der Waals surface area contributed by atoms with E-state index in [0.717, 1.165) is 44.7 Å². The topological polar surface area (TPSA) is 52.6 Å². The number of carboxylic acid groups (broad SMARTS) is 1. The van der Waals surface area contributed by atoms with Gasteiger partial charge in [0, 0.05) is 18.6 Å². The van der Waals surface area contributed by atoms with Gasteiger partial charge in [0.1, 0.15) is 5.54 Å². The first-order chi connectivity index (χ1) is 8.98. The Kier molecular flexibility index (Phi) is 4.51. The summed E-state index contributed by atoms with van der Waals surface area (Å²) >= 11 is 0. The Bertz CT molecular complexity index is 330. The molecule has 0 radical (unpaired) electrons. The van der Waals surface area contributed by atoms with E-state index < -0.39 is 11.5 Å². The quantitative estimate of drug-likeness (QED) is 0.820. The van der Waals surface area contributed by atoms with Crippen LogP contribution in [0.1, 0.15) is 52.9 Å². The van der Waals surface area contributed by atoms with Gasteiger partial charge in [0.05, 0.1) is 0 Å². The lowest BCUT2D eigenvalue weighted by molar-refractivity contribution is -0.147. The molecule has 4 atom stereocenters. The van der Waals surface area contributed by atoms with Crippen LogP contribution in [0, 0.1) is 5.92 Å². The molecule has 2 fully saturated rings. The van der Waals surface area contributed by atoms with Crippen LogP contribution in [-0.2, 0) is 4.79 Å². The van der Waals surface area contributed by atoms with Crippen molar-refractivity contribution in [2.75, 3.05) is 13.1 Å². The minimum Gasteiger partial charge on any atom is -0.480 e. The van der Waals surface area contributed by atoms with Crippen LogP contribution in [0.25, 0.3) is 0 Å². The smallest absolute Gasteiger partial charge is 0.323 e. The van der Waals surface area contributed by atoms with Crippen molar-refractivity contribution >= 4 is 5.97 Å². The van der Waals surface area contributed by atoms with Crippen LogP contribution >= 0.6 is 0 Å². The summed E-state index contributed by atoms with van der Waals surface area (Å²) in [6.07, 6.45) is 4.94. The molecule has 2 N–H and O–H groups in total. The van der Waals surface area contributed by atoms with Gasteiger partial charge in [-0.15, -0.1) is 0 Å². The molecule has 4 nitrogen and oxygen atoms in total. The van der Waals surface area contributed by atoms with Crippen LogP contribution < -0.4 is 5.32 Å². The van der Waals surface area contributed by atoms with Gasteiger partial charge in [-0.2, -0.15) is 0 Å². The highest BCUT2D eigenvalue weighted by Crippen LogP contribution is 2.36. The van der Waals surface area contributed by atoms with Gasteiger partial charge in [-0.1, -0.05) is 13.8 Å². The molecule has 2 aliphatic rings. The van der Waals surface area contributed by atoms with Gasteiger partial charge in [-0.25, -0.2) is 0 Å². The molecule has 1 saturated heterocycles. The minimum absolute atomic E-state index is 0.434. The first-order valence-corrected chi connectivity index (χ1v) is 7.72. The Morgan fingerprint density at radius 1 is 1.47 bits per heavy atom. The second-order valence-corrected chi connectivity index (χ2v) is 6.55. The lowest BCUT2D eigenvalue weighted by Crippen LogP contribution is -2.58. The molecule has 110 valence electrons. The monoisotopic (exact) mass is 268 g/mol. The lowest BCUT2D eigenvalue weighted by Gasteiger charge is -2.43. The second kappa shape index (κ2) is 5.80. The van der Waals surface area contributed by atoms with Crippen LogP contribution in [0.5, 0.6) is 0 Å². The van der Waals surface area contributed by atoms with Gasteiger partial charge in [-0.05, 0) is 51.5 Å². The highest BCUT2D eigenvalue weighted by atomic mass is 16.4. The summed E-state index contributed by atoms with van der Waals surface area (Å²) in [5.41, 5.74) is -0.691. The molecule has 19 heavy (non-hydrogen) atoms. The van der Waals surface area contributed by atoms with Crippen LogP contribution in [0.3, 0.4) is 0 Å². The zero-order chi connectivity index (χ0) is 14.0. The molecule has 4 heteroatoms. The Balaban J connectivity index is 2.09. The summed E-state index contributed by atoms with van der Waals surface area (Å²) in [4.78, 5) is 14.2. The number of carboxylic acids is 1. The third kappa shape index (κ3) is 2.95. The second-order valence-electron chi connectivity index (χ2n) is 6.55. The molecular formula is C15H28N2O2. The zero-order valence-electron chi connectivity index (χ0n) is 12.5. The summed E-state index contributed by atoms with van der Waals surface area (Å²) in [7, 11) is 0. The molecule has 0 amide bonds. The van der Waals surface area contributed by atoms with Crippen molar-refractivity contribution in [2.24, 2.45) is 5.92 Å². The van der Waals surface area contributed by atoms with Gasteiger partial charge in [0.25, 0.3) is 0 Å². The van der Waals surface area contributed by atoms with Crippen molar-refractivity contribution in [1.82, 2.24) is 10.2 Å². The molecular weight excluding hydrogens is 240 g/mol. The number of hydrogen-bond donors (Lipinski definition) is 2. The van der Waals surface area contributed by atoms with E-state index in [1.807, 2.05) is 6.92 Å². The molecule has 1 saturated carbocycles. The zero-order valence-corrected chi connectivity index (χ0v) is 12.5. The number of likely N-dealkylation sites (tertiary alicyclic amines) is 1. The summed E-state index contributed by atoms with van der Waals surface area (Å²) in [5.74, 6) is 0.0780. The van der Waals surface area contributed by atoms with Crippen LogP contribution in [0.15, 0.2) is 0 Å². The Hall–Kier alpha value is -0.610. The highest BCUT2D eigenvalue weighted by Gasteiger charge is 2.45. The first-order valence-electron chi connectivity index (χ1n) is 7.72.